The van der Waals surface area contributed by atoms with E-state index in [0.717, 1.165) is 17.0 Å². The molecule has 1 aliphatic rings. The van der Waals surface area contributed by atoms with Gasteiger partial charge in [0, 0.05) is 30.9 Å². The summed E-state index contributed by atoms with van der Waals surface area (Å²) in [5, 5.41) is 5.73. The van der Waals surface area contributed by atoms with Crippen LogP contribution in [0.15, 0.2) is 66.9 Å². The van der Waals surface area contributed by atoms with Gasteiger partial charge in [0.25, 0.3) is 0 Å². The number of nitrogens with zero attached hydrogens (tertiary/aromatic N) is 3. The number of fused-ring (bicyclic) bond motifs is 2. The molecule has 3 heterocycles. The average molecular weight is 429 g/mol. The molecule has 8 nitrogen and oxygen atoms in total. The number of pyridine rings is 1. The third-order valence-corrected chi connectivity index (χ3v) is 5.20. The number of carbonyl (C=O) groups excluding carboxylic acids is 1. The summed E-state index contributed by atoms with van der Waals surface area (Å²) in [4.78, 5) is 21.6. The SMILES string of the molecule is O=C(NCCc1nc2cccnc2n1Cc1ccccc1)Nc1ccc2c(c1)OCCO2. The fourth-order valence-corrected chi connectivity index (χ4v) is 3.71. The molecule has 0 unspecified atom stereocenters. The van der Waals surface area contributed by atoms with Gasteiger partial charge in [-0.3, -0.25) is 0 Å². The van der Waals surface area contributed by atoms with Gasteiger partial charge in [-0.1, -0.05) is 30.3 Å². The molecular formula is C24H23N5O3. The van der Waals surface area contributed by atoms with E-state index in [1.54, 1.807) is 24.4 Å². The minimum absolute atomic E-state index is 0.287. The number of imidazole rings is 1. The van der Waals surface area contributed by atoms with Gasteiger partial charge in [-0.25, -0.2) is 14.8 Å². The largest absolute Gasteiger partial charge is 0.486 e. The van der Waals surface area contributed by atoms with Crippen LogP contribution < -0.4 is 20.1 Å². The van der Waals surface area contributed by atoms with Crippen molar-refractivity contribution >= 4 is 22.9 Å². The Bertz CT molecular complexity index is 1240. The molecule has 32 heavy (non-hydrogen) atoms. The summed E-state index contributed by atoms with van der Waals surface area (Å²) in [7, 11) is 0. The second kappa shape index (κ2) is 8.97. The number of nitrogens with one attached hydrogen (secondary N) is 2. The van der Waals surface area contributed by atoms with E-state index in [9.17, 15) is 4.79 Å². The zero-order chi connectivity index (χ0) is 21.8. The van der Waals surface area contributed by atoms with Crippen LogP contribution in [0, 0.1) is 0 Å². The molecule has 0 saturated carbocycles. The third-order valence-electron chi connectivity index (χ3n) is 5.20. The third kappa shape index (κ3) is 4.34. The predicted octanol–water partition coefficient (Wildman–Crippen LogP) is 3.62. The summed E-state index contributed by atoms with van der Waals surface area (Å²) in [6.45, 7) is 2.15. The van der Waals surface area contributed by atoms with E-state index in [1.807, 2.05) is 30.3 Å². The second-order valence-electron chi connectivity index (χ2n) is 7.44. The fourth-order valence-electron chi connectivity index (χ4n) is 3.71. The summed E-state index contributed by atoms with van der Waals surface area (Å²) in [5.41, 5.74) is 3.50. The van der Waals surface area contributed by atoms with Crippen molar-refractivity contribution < 1.29 is 14.3 Å². The first-order valence-electron chi connectivity index (χ1n) is 10.5. The first-order chi connectivity index (χ1) is 15.8. The molecule has 4 aromatic rings. The Kier molecular flexibility index (Phi) is 5.57. The van der Waals surface area contributed by atoms with Gasteiger partial charge in [0.05, 0.1) is 6.54 Å². The summed E-state index contributed by atoms with van der Waals surface area (Å²) in [6, 6.07) is 19.1. The van der Waals surface area contributed by atoms with Crippen molar-refractivity contribution in [2.45, 2.75) is 13.0 Å². The Hall–Kier alpha value is -4.07. The Labute approximate surface area is 185 Å². The number of hydrogen-bond acceptors (Lipinski definition) is 5. The molecule has 0 saturated heterocycles. The fraction of sp³-hybridized carbons (Fsp3) is 0.208. The molecule has 2 aromatic carbocycles. The Morgan fingerprint density at radius 1 is 1.00 bits per heavy atom. The number of carbonyl (C=O) groups is 1. The number of benzene rings is 2. The standard InChI is InChI=1S/C24H23N5O3/c30-24(27-18-8-9-20-21(15-18)32-14-13-31-20)26-12-10-22-28-19-7-4-11-25-23(19)29(22)16-17-5-2-1-3-6-17/h1-9,11,15H,10,12-14,16H2,(H2,26,27,30). The lowest BCUT2D eigenvalue weighted by Gasteiger charge is -2.19. The molecule has 0 radical (unpaired) electrons. The van der Waals surface area contributed by atoms with Crippen LogP contribution in [-0.2, 0) is 13.0 Å². The van der Waals surface area contributed by atoms with E-state index in [1.165, 1.54) is 5.56 Å². The average Bonchev–Trinajstić information content (AvgIpc) is 3.17. The molecule has 0 bridgehead atoms. The quantitative estimate of drug-likeness (QED) is 0.489. The Balaban J connectivity index is 1.24. The molecule has 0 spiro atoms. The highest BCUT2D eigenvalue weighted by molar-refractivity contribution is 5.89. The Morgan fingerprint density at radius 2 is 1.84 bits per heavy atom. The van der Waals surface area contributed by atoms with Gasteiger partial charge in [0.1, 0.15) is 24.6 Å². The van der Waals surface area contributed by atoms with Crippen LogP contribution in [0.2, 0.25) is 0 Å². The zero-order valence-electron chi connectivity index (χ0n) is 17.5. The van der Waals surface area contributed by atoms with Crippen molar-refractivity contribution in [2.24, 2.45) is 0 Å². The van der Waals surface area contributed by atoms with Crippen LogP contribution in [0.5, 0.6) is 11.5 Å². The van der Waals surface area contributed by atoms with Gasteiger partial charge in [-0.2, -0.15) is 0 Å². The number of aromatic nitrogens is 3. The molecule has 2 amide bonds. The maximum absolute atomic E-state index is 12.4. The van der Waals surface area contributed by atoms with Crippen molar-refractivity contribution in [3.8, 4) is 11.5 Å². The van der Waals surface area contributed by atoms with Crippen molar-refractivity contribution in [1.82, 2.24) is 19.9 Å². The molecule has 0 aliphatic carbocycles. The van der Waals surface area contributed by atoms with E-state index in [2.05, 4.69) is 32.3 Å². The van der Waals surface area contributed by atoms with Crippen LogP contribution in [0.4, 0.5) is 10.5 Å². The number of hydrogen-bond donors (Lipinski definition) is 2. The number of ether oxygens (including phenoxy) is 2. The highest BCUT2D eigenvalue weighted by atomic mass is 16.6. The minimum Gasteiger partial charge on any atom is -0.486 e. The monoisotopic (exact) mass is 429 g/mol. The summed E-state index contributed by atoms with van der Waals surface area (Å²) in [6.07, 6.45) is 2.35. The van der Waals surface area contributed by atoms with Crippen molar-refractivity contribution in [2.75, 3.05) is 25.1 Å². The maximum Gasteiger partial charge on any atom is 0.319 e. The van der Waals surface area contributed by atoms with E-state index in [-0.39, 0.29) is 6.03 Å². The lowest BCUT2D eigenvalue weighted by Crippen LogP contribution is -2.31. The smallest absolute Gasteiger partial charge is 0.319 e. The Morgan fingerprint density at radius 3 is 2.72 bits per heavy atom. The predicted molar refractivity (Wildman–Crippen MR) is 121 cm³/mol. The van der Waals surface area contributed by atoms with Crippen LogP contribution in [0.25, 0.3) is 11.2 Å². The number of rotatable bonds is 6. The summed E-state index contributed by atoms with van der Waals surface area (Å²) >= 11 is 0. The first kappa shape index (κ1) is 19.9. The lowest BCUT2D eigenvalue weighted by atomic mass is 10.2. The molecule has 2 N–H and O–H groups in total. The van der Waals surface area contributed by atoms with Crippen LogP contribution in [0.1, 0.15) is 11.4 Å². The van der Waals surface area contributed by atoms with Crippen LogP contribution in [-0.4, -0.2) is 40.3 Å². The molecule has 1 aliphatic heterocycles. The topological polar surface area (TPSA) is 90.3 Å². The van der Waals surface area contributed by atoms with E-state index in [0.29, 0.717) is 49.9 Å². The summed E-state index contributed by atoms with van der Waals surface area (Å²) in [5.74, 6) is 2.20. The van der Waals surface area contributed by atoms with Gasteiger partial charge < -0.3 is 24.7 Å². The number of urea groups is 1. The van der Waals surface area contributed by atoms with Gasteiger partial charge in [-0.05, 0) is 29.8 Å². The highest BCUT2D eigenvalue weighted by Crippen LogP contribution is 2.32. The highest BCUT2D eigenvalue weighted by Gasteiger charge is 2.14. The van der Waals surface area contributed by atoms with E-state index in [4.69, 9.17) is 14.5 Å². The zero-order valence-corrected chi connectivity index (χ0v) is 17.5. The molecule has 2 aromatic heterocycles. The molecule has 0 fully saturated rings. The first-order valence-corrected chi connectivity index (χ1v) is 10.5. The maximum atomic E-state index is 12.4. The van der Waals surface area contributed by atoms with E-state index >= 15 is 0 Å². The number of anilines is 1. The lowest BCUT2D eigenvalue weighted by molar-refractivity contribution is 0.171. The van der Waals surface area contributed by atoms with Crippen molar-refractivity contribution in [3.63, 3.8) is 0 Å². The van der Waals surface area contributed by atoms with Crippen molar-refractivity contribution in [1.29, 1.82) is 0 Å². The van der Waals surface area contributed by atoms with Gasteiger partial charge in [0.2, 0.25) is 0 Å². The molecular weight excluding hydrogens is 406 g/mol. The van der Waals surface area contributed by atoms with Gasteiger partial charge >= 0.3 is 6.03 Å². The molecule has 5 rings (SSSR count). The summed E-state index contributed by atoms with van der Waals surface area (Å²) < 4.78 is 13.2. The minimum atomic E-state index is -0.287. The van der Waals surface area contributed by atoms with Crippen molar-refractivity contribution in [3.05, 3.63) is 78.2 Å². The van der Waals surface area contributed by atoms with Crippen LogP contribution in [0.3, 0.4) is 0 Å². The van der Waals surface area contributed by atoms with E-state index < -0.39 is 0 Å². The second-order valence-corrected chi connectivity index (χ2v) is 7.44. The number of amides is 2. The van der Waals surface area contributed by atoms with Gasteiger partial charge in [-0.15, -0.1) is 0 Å². The molecule has 0 atom stereocenters. The normalized spacial score (nSPS) is 12.5. The molecule has 8 heteroatoms. The van der Waals surface area contributed by atoms with Crippen LogP contribution >= 0.6 is 0 Å². The molecule has 162 valence electrons. The van der Waals surface area contributed by atoms with Gasteiger partial charge in [0.15, 0.2) is 17.1 Å².